The van der Waals surface area contributed by atoms with Gasteiger partial charge in [0.05, 0.1) is 0 Å². The van der Waals surface area contributed by atoms with Crippen LogP contribution in [-0.4, -0.2) is 3.26 Å². The van der Waals surface area contributed by atoms with E-state index in [2.05, 4.69) is 50.3 Å². The smallest absolute Gasteiger partial charge is 1.00 e. The second-order valence-electron chi connectivity index (χ2n) is 5.83. The molecule has 1 heterocycles. The van der Waals surface area contributed by atoms with Crippen molar-refractivity contribution in [1.29, 1.82) is 0 Å². The number of halogens is 2. The second kappa shape index (κ2) is 5.34. The van der Waals surface area contributed by atoms with E-state index in [4.69, 9.17) is 0 Å². The van der Waals surface area contributed by atoms with Crippen LogP contribution >= 0.6 is 0 Å². The van der Waals surface area contributed by atoms with E-state index in [1.54, 1.807) is 8.35 Å². The first-order chi connectivity index (χ1) is 7.69. The second-order valence-corrected chi connectivity index (χ2v) is 29.7. The Balaban J connectivity index is 0.000000810. The molecule has 0 aromatic carbocycles. The molecule has 0 spiro atoms. The Morgan fingerprint density at radius 3 is 1.56 bits per heavy atom. The van der Waals surface area contributed by atoms with Crippen LogP contribution in [0.1, 0.15) is 26.7 Å². The Hall–Kier alpha value is 0.280. The summed E-state index contributed by atoms with van der Waals surface area (Å²) in [4.78, 5) is 0. The first-order valence-corrected chi connectivity index (χ1v) is 16.9. The summed E-state index contributed by atoms with van der Waals surface area (Å²) in [6.45, 7) is 4.84. The Kier molecular flexibility index (Phi) is 4.85. The fraction of sp³-hybridized carbons (Fsp3) is 0.400. The third-order valence-corrected chi connectivity index (χ3v) is 35.0. The van der Waals surface area contributed by atoms with Gasteiger partial charge in [-0.15, -0.1) is 0 Å². The molecule has 0 nitrogen and oxygen atoms in total. The molecule has 2 aliphatic carbocycles. The van der Waals surface area contributed by atoms with Gasteiger partial charge in [-0.05, 0) is 0 Å². The van der Waals surface area contributed by atoms with Crippen molar-refractivity contribution in [3.8, 4) is 0 Å². The van der Waals surface area contributed by atoms with Crippen LogP contribution in [0, 0.1) is 0 Å². The SMILES string of the molecule is C[C](C)=[Hf+2]1([C]2=CC=CC2)([C]2=CC=CC2)[CH2][CH2]1.[Cl-].[Cl-]. The fourth-order valence-corrected chi connectivity index (χ4v) is 38.6. The van der Waals surface area contributed by atoms with Crippen molar-refractivity contribution in [2.75, 3.05) is 0 Å². The minimum atomic E-state index is -2.81. The van der Waals surface area contributed by atoms with Crippen molar-refractivity contribution in [2.45, 2.75) is 35.0 Å². The van der Waals surface area contributed by atoms with Crippen molar-refractivity contribution in [2.24, 2.45) is 0 Å². The van der Waals surface area contributed by atoms with E-state index >= 15 is 0 Å². The van der Waals surface area contributed by atoms with Gasteiger partial charge >= 0.3 is 99.4 Å². The van der Waals surface area contributed by atoms with Crippen LogP contribution in [0.5, 0.6) is 0 Å². The molecule has 0 bridgehead atoms. The monoisotopic (exact) mass is 450 g/mol. The summed E-state index contributed by atoms with van der Waals surface area (Å²) in [7, 11) is 0. The minimum Gasteiger partial charge on any atom is -1.00 e. The quantitative estimate of drug-likeness (QED) is 0.447. The summed E-state index contributed by atoms with van der Waals surface area (Å²) in [6, 6.07) is 0. The van der Waals surface area contributed by atoms with Crippen molar-refractivity contribution in [3.63, 3.8) is 0 Å². The molecule has 0 aromatic heterocycles. The molecule has 0 N–H and O–H groups in total. The molecular weight excluding hydrogens is 430 g/mol. The predicted molar refractivity (Wildman–Crippen MR) is 69.6 cm³/mol. The Bertz CT molecular complexity index is 497. The maximum atomic E-state index is 2.45. The summed E-state index contributed by atoms with van der Waals surface area (Å²) in [6.07, 6.45) is 16.7. The van der Waals surface area contributed by atoms with E-state index in [1.165, 1.54) is 12.8 Å². The molecule has 18 heavy (non-hydrogen) atoms. The average molecular weight is 450 g/mol. The van der Waals surface area contributed by atoms with Gasteiger partial charge in [0.1, 0.15) is 0 Å². The van der Waals surface area contributed by atoms with Gasteiger partial charge in [0.25, 0.3) is 0 Å². The topological polar surface area (TPSA) is 0 Å². The maximum Gasteiger partial charge on any atom is -1.00 e. The minimum absolute atomic E-state index is 0. The third kappa shape index (κ3) is 1.85. The molecule has 1 fully saturated rings. The Morgan fingerprint density at radius 1 is 0.889 bits per heavy atom. The molecule has 0 atom stereocenters. The molecule has 1 saturated heterocycles. The number of rotatable bonds is 2. The van der Waals surface area contributed by atoms with Crippen molar-refractivity contribution in [3.05, 3.63) is 43.1 Å². The standard InChI is InChI=1S/2C5H5.C3H6.C2H4.2ClH.Hf/c2*1-2-4-5-3-1;1-3-2;1-2;;;/h2*1-3H,4H2;1-2H3;1-2H2;2*1H;/q;;;;;;+2/p-2. The molecule has 3 rings (SSSR count). The van der Waals surface area contributed by atoms with E-state index in [1.807, 2.05) is 9.91 Å². The number of allylic oxidation sites excluding steroid dienone is 8. The summed E-state index contributed by atoms with van der Waals surface area (Å²) < 4.78 is 8.60. The number of hydrogen-bond donors (Lipinski definition) is 0. The molecular formula is C15H20Cl2Hf. The molecule has 0 radical (unpaired) electrons. The number of hydrogen-bond acceptors (Lipinski definition) is 0. The van der Waals surface area contributed by atoms with Gasteiger partial charge in [-0.2, -0.15) is 0 Å². The van der Waals surface area contributed by atoms with Gasteiger partial charge in [0.2, 0.25) is 0 Å². The molecule has 3 heteroatoms. The van der Waals surface area contributed by atoms with E-state index in [-0.39, 0.29) is 24.8 Å². The summed E-state index contributed by atoms with van der Waals surface area (Å²) in [5.41, 5.74) is 0. The van der Waals surface area contributed by atoms with Crippen LogP contribution in [0.15, 0.2) is 43.1 Å². The zero-order chi connectivity index (χ0) is 11.3. The molecule has 0 unspecified atom stereocenters. The van der Waals surface area contributed by atoms with Crippen LogP contribution in [0.4, 0.5) is 0 Å². The zero-order valence-electron chi connectivity index (χ0n) is 11.0. The van der Waals surface area contributed by atoms with Crippen LogP contribution in [-0.2, 0) is 18.0 Å². The van der Waals surface area contributed by atoms with Gasteiger partial charge in [0, 0.05) is 0 Å². The van der Waals surface area contributed by atoms with Gasteiger partial charge < -0.3 is 24.8 Å². The molecule has 0 aromatic rings. The predicted octanol–water partition coefficient (Wildman–Crippen LogP) is -1.57. The molecule has 0 saturated carbocycles. The largest absolute Gasteiger partial charge is 1.00 e. The van der Waals surface area contributed by atoms with Gasteiger partial charge in [-0.3, -0.25) is 0 Å². The molecule has 1 aliphatic heterocycles. The zero-order valence-corrected chi connectivity index (χ0v) is 16.2. The summed E-state index contributed by atoms with van der Waals surface area (Å²) >= 11 is -2.81. The first kappa shape index (κ1) is 16.3. The summed E-state index contributed by atoms with van der Waals surface area (Å²) in [5.74, 6) is 0. The van der Waals surface area contributed by atoms with E-state index in [0.717, 1.165) is 0 Å². The van der Waals surface area contributed by atoms with Crippen LogP contribution in [0.2, 0.25) is 8.35 Å². The van der Waals surface area contributed by atoms with Crippen molar-refractivity contribution >= 4 is 3.26 Å². The van der Waals surface area contributed by atoms with Crippen LogP contribution < -0.4 is 24.8 Å². The van der Waals surface area contributed by atoms with E-state index in [9.17, 15) is 0 Å². The van der Waals surface area contributed by atoms with Crippen molar-refractivity contribution in [1.82, 2.24) is 0 Å². The van der Waals surface area contributed by atoms with E-state index in [0.29, 0.717) is 0 Å². The van der Waals surface area contributed by atoms with Crippen molar-refractivity contribution < 1.29 is 42.8 Å². The molecule has 98 valence electrons. The summed E-state index contributed by atoms with van der Waals surface area (Å²) in [5, 5.41) is 0. The molecule has 3 aliphatic rings. The Morgan fingerprint density at radius 2 is 1.33 bits per heavy atom. The van der Waals surface area contributed by atoms with Crippen LogP contribution in [0.3, 0.4) is 0 Å². The molecule has 0 amide bonds. The fourth-order valence-electron chi connectivity index (χ4n) is 3.97. The first-order valence-electron chi connectivity index (χ1n) is 6.39. The van der Waals surface area contributed by atoms with Gasteiger partial charge in [0.15, 0.2) is 0 Å². The maximum absolute atomic E-state index is 2.81. The van der Waals surface area contributed by atoms with Gasteiger partial charge in [-0.1, -0.05) is 0 Å². The Labute approximate surface area is 123 Å². The normalized spacial score (nSPS) is 21.6. The van der Waals surface area contributed by atoms with Crippen LogP contribution in [0.25, 0.3) is 0 Å². The van der Waals surface area contributed by atoms with E-state index < -0.39 is 18.0 Å². The van der Waals surface area contributed by atoms with Gasteiger partial charge in [-0.25, -0.2) is 0 Å². The third-order valence-electron chi connectivity index (χ3n) is 5.30. The average Bonchev–Trinajstić information content (AvgIpc) is 2.79.